The van der Waals surface area contributed by atoms with Crippen molar-refractivity contribution in [2.24, 2.45) is 5.92 Å². The Balaban J connectivity index is 1.24. The maximum absolute atomic E-state index is 12.7. The van der Waals surface area contributed by atoms with Gasteiger partial charge in [-0.1, -0.05) is 18.2 Å². The van der Waals surface area contributed by atoms with Gasteiger partial charge in [0.25, 0.3) is 5.91 Å². The van der Waals surface area contributed by atoms with Crippen molar-refractivity contribution < 1.29 is 9.53 Å². The number of amides is 1. The molecule has 1 aliphatic heterocycles. The van der Waals surface area contributed by atoms with Crippen molar-refractivity contribution in [3.8, 4) is 5.75 Å². The number of aromatic nitrogens is 2. The van der Waals surface area contributed by atoms with Crippen molar-refractivity contribution in [1.82, 2.24) is 19.8 Å². The summed E-state index contributed by atoms with van der Waals surface area (Å²) in [6.07, 6.45) is 5.58. The maximum atomic E-state index is 12.7. The van der Waals surface area contributed by atoms with Gasteiger partial charge in [0, 0.05) is 43.3 Å². The van der Waals surface area contributed by atoms with E-state index in [1.807, 2.05) is 40.7 Å². The molecule has 1 atom stereocenters. The summed E-state index contributed by atoms with van der Waals surface area (Å²) in [4.78, 5) is 25.4. The molecule has 2 aromatic heterocycles. The predicted molar refractivity (Wildman–Crippen MR) is 122 cm³/mol. The van der Waals surface area contributed by atoms with Crippen LogP contribution in [-0.2, 0) is 13.1 Å². The second-order valence-electron chi connectivity index (χ2n) is 8.03. The number of rotatable bonds is 8. The van der Waals surface area contributed by atoms with E-state index in [0.717, 1.165) is 49.8 Å². The number of carbonyl (C=O) groups excluding carboxylic acids is 1. The van der Waals surface area contributed by atoms with Crippen molar-refractivity contribution in [3.63, 3.8) is 0 Å². The summed E-state index contributed by atoms with van der Waals surface area (Å²) in [5.41, 5.74) is 1.76. The Kier molecular flexibility index (Phi) is 7.27. The van der Waals surface area contributed by atoms with Gasteiger partial charge in [0.2, 0.25) is 0 Å². The number of likely N-dealkylation sites (tertiary alicyclic amines) is 1. The van der Waals surface area contributed by atoms with E-state index >= 15 is 0 Å². The van der Waals surface area contributed by atoms with Crippen molar-refractivity contribution >= 4 is 17.2 Å². The summed E-state index contributed by atoms with van der Waals surface area (Å²) < 4.78 is 6.05. The van der Waals surface area contributed by atoms with Gasteiger partial charge in [-0.25, -0.2) is 4.98 Å². The average Bonchev–Trinajstić information content (AvgIpc) is 3.32. The number of thiazole rings is 1. The van der Waals surface area contributed by atoms with Gasteiger partial charge in [0.05, 0.1) is 13.2 Å². The molecule has 162 valence electrons. The van der Waals surface area contributed by atoms with E-state index < -0.39 is 0 Å². The number of pyridine rings is 1. The Morgan fingerprint density at radius 3 is 2.77 bits per heavy atom. The lowest BCUT2D eigenvalue weighted by Crippen LogP contribution is -2.41. The van der Waals surface area contributed by atoms with Crippen LogP contribution in [0, 0.1) is 5.92 Å². The number of hydrogen-bond acceptors (Lipinski definition) is 6. The first kappa shape index (κ1) is 21.5. The lowest BCUT2D eigenvalue weighted by molar-refractivity contribution is 0.0627. The number of nitrogens with zero attached hydrogens (tertiary/aromatic N) is 4. The van der Waals surface area contributed by atoms with Gasteiger partial charge in [-0.2, -0.15) is 0 Å². The third kappa shape index (κ3) is 6.12. The van der Waals surface area contributed by atoms with Crippen molar-refractivity contribution in [1.29, 1.82) is 0 Å². The van der Waals surface area contributed by atoms with Gasteiger partial charge < -0.3 is 9.64 Å². The molecule has 1 aliphatic rings. The van der Waals surface area contributed by atoms with Gasteiger partial charge in [-0.15, -0.1) is 11.3 Å². The van der Waals surface area contributed by atoms with Crippen LogP contribution in [0.4, 0.5) is 0 Å². The van der Waals surface area contributed by atoms with Gasteiger partial charge in [0.1, 0.15) is 16.5 Å². The van der Waals surface area contributed by atoms with Crippen LogP contribution in [0.25, 0.3) is 0 Å². The van der Waals surface area contributed by atoms with Gasteiger partial charge in [0.15, 0.2) is 0 Å². The van der Waals surface area contributed by atoms with Crippen LogP contribution in [-0.4, -0.2) is 52.4 Å². The molecule has 1 amide bonds. The van der Waals surface area contributed by atoms with Crippen molar-refractivity contribution in [3.05, 3.63) is 76.5 Å². The summed E-state index contributed by atoms with van der Waals surface area (Å²) >= 11 is 1.68. The zero-order chi connectivity index (χ0) is 21.5. The minimum Gasteiger partial charge on any atom is -0.493 e. The first-order valence-electron chi connectivity index (χ1n) is 10.7. The minimum atomic E-state index is 0.0107. The molecule has 1 unspecified atom stereocenters. The highest BCUT2D eigenvalue weighted by atomic mass is 32.1. The monoisotopic (exact) mass is 436 g/mol. The van der Waals surface area contributed by atoms with E-state index in [9.17, 15) is 4.79 Å². The topological polar surface area (TPSA) is 58.6 Å². The summed E-state index contributed by atoms with van der Waals surface area (Å²) in [5.74, 6) is 1.22. The molecule has 31 heavy (non-hydrogen) atoms. The Bertz CT molecular complexity index is 947. The number of piperidine rings is 1. The summed E-state index contributed by atoms with van der Waals surface area (Å²) in [6, 6.07) is 13.8. The zero-order valence-corrected chi connectivity index (χ0v) is 18.6. The van der Waals surface area contributed by atoms with Crippen LogP contribution >= 0.6 is 11.3 Å². The molecule has 0 radical (unpaired) electrons. The number of hydrogen-bond donors (Lipinski definition) is 0. The molecular weight excluding hydrogens is 408 g/mol. The summed E-state index contributed by atoms with van der Waals surface area (Å²) in [5, 5.41) is 3.14. The second kappa shape index (κ2) is 10.5. The standard InChI is InChI=1S/C24H28N4O2S/c1-27(17-23-26-12-14-31-23)15-19-7-9-21(10-8-19)30-18-20-5-4-13-28(16-20)24(29)22-6-2-3-11-25-22/h2-3,6-12,14,20H,4-5,13,15-18H2,1H3. The van der Waals surface area contributed by atoms with Gasteiger partial charge in [-0.3, -0.25) is 14.7 Å². The normalized spacial score (nSPS) is 16.5. The highest BCUT2D eigenvalue weighted by molar-refractivity contribution is 7.09. The van der Waals surface area contributed by atoms with Crippen LogP contribution < -0.4 is 4.74 Å². The van der Waals surface area contributed by atoms with Crippen LogP contribution in [0.5, 0.6) is 5.75 Å². The van der Waals surface area contributed by atoms with E-state index in [1.165, 1.54) is 5.56 Å². The predicted octanol–water partition coefficient (Wildman–Crippen LogP) is 4.10. The molecule has 1 saturated heterocycles. The van der Waals surface area contributed by atoms with E-state index in [4.69, 9.17) is 4.74 Å². The first-order chi connectivity index (χ1) is 15.2. The van der Waals surface area contributed by atoms with E-state index in [1.54, 1.807) is 23.6 Å². The second-order valence-corrected chi connectivity index (χ2v) is 9.01. The first-order valence-corrected chi connectivity index (χ1v) is 11.5. The molecule has 3 heterocycles. The molecule has 0 spiro atoms. The molecule has 0 saturated carbocycles. The molecule has 4 rings (SSSR count). The smallest absolute Gasteiger partial charge is 0.272 e. The molecule has 7 heteroatoms. The fourth-order valence-corrected chi connectivity index (χ4v) is 4.57. The Hall–Kier alpha value is -2.77. The van der Waals surface area contributed by atoms with E-state index in [-0.39, 0.29) is 5.91 Å². The molecule has 0 aliphatic carbocycles. The SMILES string of the molecule is CN(Cc1ccc(OCC2CCCN(C(=O)c3ccccn3)C2)cc1)Cc1nccs1. The van der Waals surface area contributed by atoms with E-state index in [2.05, 4.69) is 34.0 Å². The Morgan fingerprint density at radius 2 is 2.03 bits per heavy atom. The molecule has 6 nitrogen and oxygen atoms in total. The highest BCUT2D eigenvalue weighted by Crippen LogP contribution is 2.21. The lowest BCUT2D eigenvalue weighted by Gasteiger charge is -2.32. The molecule has 0 bridgehead atoms. The molecule has 1 fully saturated rings. The fraction of sp³-hybridized carbons (Fsp3) is 0.375. The number of benzene rings is 1. The Labute approximate surface area is 187 Å². The molecule has 3 aromatic rings. The number of carbonyl (C=O) groups is 1. The minimum absolute atomic E-state index is 0.0107. The largest absolute Gasteiger partial charge is 0.493 e. The quantitative estimate of drug-likeness (QED) is 0.532. The summed E-state index contributed by atoms with van der Waals surface area (Å²) in [7, 11) is 2.10. The third-order valence-corrected chi connectivity index (χ3v) is 6.20. The highest BCUT2D eigenvalue weighted by Gasteiger charge is 2.25. The molecular formula is C24H28N4O2S. The maximum Gasteiger partial charge on any atom is 0.272 e. The van der Waals surface area contributed by atoms with Crippen LogP contribution in [0.1, 0.15) is 33.9 Å². The van der Waals surface area contributed by atoms with Gasteiger partial charge >= 0.3 is 0 Å². The fourth-order valence-electron chi connectivity index (χ4n) is 3.87. The van der Waals surface area contributed by atoms with Crippen LogP contribution in [0.2, 0.25) is 0 Å². The number of ether oxygens (including phenoxy) is 1. The van der Waals surface area contributed by atoms with Crippen LogP contribution in [0.15, 0.2) is 60.2 Å². The third-order valence-electron chi connectivity index (χ3n) is 5.44. The van der Waals surface area contributed by atoms with Crippen molar-refractivity contribution in [2.75, 3.05) is 26.7 Å². The average molecular weight is 437 g/mol. The Morgan fingerprint density at radius 1 is 1.16 bits per heavy atom. The zero-order valence-electron chi connectivity index (χ0n) is 17.8. The molecule has 0 N–H and O–H groups in total. The van der Waals surface area contributed by atoms with Gasteiger partial charge in [-0.05, 0) is 49.7 Å². The summed E-state index contributed by atoms with van der Waals surface area (Å²) in [6.45, 7) is 3.85. The van der Waals surface area contributed by atoms with E-state index in [0.29, 0.717) is 18.2 Å². The lowest BCUT2D eigenvalue weighted by atomic mass is 9.98. The van der Waals surface area contributed by atoms with Crippen LogP contribution in [0.3, 0.4) is 0 Å². The molecule has 1 aromatic carbocycles. The van der Waals surface area contributed by atoms with Crippen molar-refractivity contribution in [2.45, 2.75) is 25.9 Å².